The molecule has 1 N–H and O–H groups in total. The third-order valence-electron chi connectivity index (χ3n) is 3.44. The summed E-state index contributed by atoms with van der Waals surface area (Å²) in [4.78, 5) is 0. The molecule has 1 rings (SSSR count). The van der Waals surface area contributed by atoms with Gasteiger partial charge in [0.25, 0.3) is 0 Å². The molecular weight excluding hydrogens is 234 g/mol. The number of ether oxygens (including phenoxy) is 1. The maximum atomic E-state index is 5.22. The summed E-state index contributed by atoms with van der Waals surface area (Å²) in [6.45, 7) is 14.0. The molecule has 1 aromatic carbocycles. The minimum absolute atomic E-state index is 0.355. The largest absolute Gasteiger partial charge is 0.497 e. The van der Waals surface area contributed by atoms with E-state index in [1.807, 2.05) is 12.1 Å². The molecule has 0 amide bonds. The highest BCUT2D eigenvalue weighted by atomic mass is 16.5. The summed E-state index contributed by atoms with van der Waals surface area (Å²) in [5.41, 5.74) is 2.57. The summed E-state index contributed by atoms with van der Waals surface area (Å²) in [6, 6.07) is 8.80. The molecule has 0 fully saturated rings. The Morgan fingerprint density at radius 3 is 2.16 bits per heavy atom. The molecule has 0 saturated heterocycles. The molecule has 2 heteroatoms. The number of rotatable bonds is 7. The Bertz CT molecular complexity index is 392. The Morgan fingerprint density at radius 1 is 1.16 bits per heavy atom. The highest BCUT2D eigenvalue weighted by molar-refractivity contribution is 5.34. The van der Waals surface area contributed by atoms with E-state index in [2.05, 4.69) is 51.7 Å². The van der Waals surface area contributed by atoms with E-state index >= 15 is 0 Å². The monoisotopic (exact) mass is 261 g/mol. The topological polar surface area (TPSA) is 21.3 Å². The van der Waals surface area contributed by atoms with Gasteiger partial charge in [0.2, 0.25) is 0 Å². The first-order chi connectivity index (χ1) is 8.95. The second kappa shape index (κ2) is 7.34. The van der Waals surface area contributed by atoms with E-state index < -0.39 is 0 Å². The van der Waals surface area contributed by atoms with Gasteiger partial charge in [-0.2, -0.15) is 0 Å². The Hall–Kier alpha value is -1.28. The standard InChI is InChI=1S/C17H27NO/c1-12(2)14(5)17(11-18-13(3)4)15-7-9-16(19-6)10-8-15/h7-10,12-13,17-18H,5,11H2,1-4,6H3. The molecule has 106 valence electrons. The van der Waals surface area contributed by atoms with Crippen molar-refractivity contribution in [2.24, 2.45) is 5.92 Å². The lowest BCUT2D eigenvalue weighted by Gasteiger charge is -2.24. The Kier molecular flexibility index (Phi) is 6.10. The fraction of sp³-hybridized carbons (Fsp3) is 0.529. The second-order valence-electron chi connectivity index (χ2n) is 5.62. The number of hydrogen-bond acceptors (Lipinski definition) is 2. The van der Waals surface area contributed by atoms with Crippen LogP contribution in [0.5, 0.6) is 5.75 Å². The minimum atomic E-state index is 0.355. The van der Waals surface area contributed by atoms with Crippen LogP contribution in [0.2, 0.25) is 0 Å². The summed E-state index contributed by atoms with van der Waals surface area (Å²) in [7, 11) is 1.69. The van der Waals surface area contributed by atoms with Crippen molar-refractivity contribution in [3.63, 3.8) is 0 Å². The van der Waals surface area contributed by atoms with E-state index in [9.17, 15) is 0 Å². The summed E-state index contributed by atoms with van der Waals surface area (Å²) >= 11 is 0. The van der Waals surface area contributed by atoms with Gasteiger partial charge in [-0.3, -0.25) is 0 Å². The maximum Gasteiger partial charge on any atom is 0.118 e. The molecule has 2 nitrogen and oxygen atoms in total. The summed E-state index contributed by atoms with van der Waals surface area (Å²) in [5.74, 6) is 1.74. The third-order valence-corrected chi connectivity index (χ3v) is 3.44. The van der Waals surface area contributed by atoms with E-state index in [0.29, 0.717) is 17.9 Å². The molecule has 0 bridgehead atoms. The Labute approximate surface area is 117 Å². The van der Waals surface area contributed by atoms with Crippen LogP contribution in [0.4, 0.5) is 0 Å². The van der Waals surface area contributed by atoms with Crippen LogP contribution in [0.15, 0.2) is 36.4 Å². The zero-order chi connectivity index (χ0) is 14.4. The Balaban J connectivity index is 2.90. The lowest BCUT2D eigenvalue weighted by molar-refractivity contribution is 0.414. The van der Waals surface area contributed by atoms with E-state index in [0.717, 1.165) is 12.3 Å². The van der Waals surface area contributed by atoms with Crippen LogP contribution in [-0.4, -0.2) is 19.7 Å². The molecule has 0 radical (unpaired) electrons. The summed E-state index contributed by atoms with van der Waals surface area (Å²) < 4.78 is 5.22. The van der Waals surface area contributed by atoms with Gasteiger partial charge < -0.3 is 10.1 Å². The molecule has 0 saturated carbocycles. The summed E-state index contributed by atoms with van der Waals surface area (Å²) in [5, 5.41) is 3.52. The van der Waals surface area contributed by atoms with Crippen LogP contribution in [0, 0.1) is 5.92 Å². The lowest BCUT2D eigenvalue weighted by Crippen LogP contribution is -2.29. The van der Waals surface area contributed by atoms with Gasteiger partial charge >= 0.3 is 0 Å². The SMILES string of the molecule is C=C(C(C)C)C(CNC(C)C)c1ccc(OC)cc1. The molecule has 0 heterocycles. The molecule has 1 atom stereocenters. The van der Waals surface area contributed by atoms with Crippen LogP contribution in [0.3, 0.4) is 0 Å². The molecule has 1 unspecified atom stereocenters. The second-order valence-corrected chi connectivity index (χ2v) is 5.62. The highest BCUT2D eigenvalue weighted by Crippen LogP contribution is 2.29. The molecule has 0 aromatic heterocycles. The van der Waals surface area contributed by atoms with Crippen molar-refractivity contribution >= 4 is 0 Å². The van der Waals surface area contributed by atoms with Crippen LogP contribution in [0.1, 0.15) is 39.2 Å². The van der Waals surface area contributed by atoms with Gasteiger partial charge in [-0.1, -0.05) is 52.0 Å². The number of nitrogens with one attached hydrogen (secondary N) is 1. The fourth-order valence-corrected chi connectivity index (χ4v) is 2.06. The first-order valence-corrected chi connectivity index (χ1v) is 7.01. The van der Waals surface area contributed by atoms with Crippen molar-refractivity contribution in [1.29, 1.82) is 0 Å². The van der Waals surface area contributed by atoms with Crippen molar-refractivity contribution in [3.05, 3.63) is 42.0 Å². The zero-order valence-electron chi connectivity index (χ0n) is 12.9. The van der Waals surface area contributed by atoms with Crippen molar-refractivity contribution in [1.82, 2.24) is 5.32 Å². The quantitative estimate of drug-likeness (QED) is 0.749. The molecule has 0 aliphatic rings. The minimum Gasteiger partial charge on any atom is -0.497 e. The molecular formula is C17H27NO. The molecule has 0 aliphatic carbocycles. The normalized spacial score (nSPS) is 12.8. The number of benzene rings is 1. The van der Waals surface area contributed by atoms with Crippen molar-refractivity contribution in [2.45, 2.75) is 39.7 Å². The van der Waals surface area contributed by atoms with Gasteiger partial charge in [-0.25, -0.2) is 0 Å². The maximum absolute atomic E-state index is 5.22. The smallest absolute Gasteiger partial charge is 0.118 e. The van der Waals surface area contributed by atoms with Crippen LogP contribution < -0.4 is 10.1 Å². The van der Waals surface area contributed by atoms with Gasteiger partial charge in [-0.05, 0) is 23.6 Å². The van der Waals surface area contributed by atoms with Crippen LogP contribution in [0.25, 0.3) is 0 Å². The average molecular weight is 261 g/mol. The van der Waals surface area contributed by atoms with E-state index in [1.54, 1.807) is 7.11 Å². The first kappa shape index (κ1) is 15.8. The molecule has 0 aliphatic heterocycles. The van der Waals surface area contributed by atoms with Crippen molar-refractivity contribution in [3.8, 4) is 5.75 Å². The van der Waals surface area contributed by atoms with Gasteiger partial charge in [0, 0.05) is 18.5 Å². The van der Waals surface area contributed by atoms with E-state index in [4.69, 9.17) is 4.74 Å². The molecule has 0 spiro atoms. The molecule has 1 aromatic rings. The van der Waals surface area contributed by atoms with Crippen molar-refractivity contribution in [2.75, 3.05) is 13.7 Å². The van der Waals surface area contributed by atoms with Gasteiger partial charge in [0.05, 0.1) is 7.11 Å². The first-order valence-electron chi connectivity index (χ1n) is 7.01. The Morgan fingerprint density at radius 2 is 1.74 bits per heavy atom. The predicted molar refractivity (Wildman–Crippen MR) is 82.9 cm³/mol. The van der Waals surface area contributed by atoms with Gasteiger partial charge in [0.1, 0.15) is 5.75 Å². The highest BCUT2D eigenvalue weighted by Gasteiger charge is 2.17. The summed E-state index contributed by atoms with van der Waals surface area (Å²) in [6.07, 6.45) is 0. The van der Waals surface area contributed by atoms with Crippen LogP contribution in [-0.2, 0) is 0 Å². The van der Waals surface area contributed by atoms with Gasteiger partial charge in [-0.15, -0.1) is 0 Å². The van der Waals surface area contributed by atoms with E-state index in [-0.39, 0.29) is 0 Å². The number of methoxy groups -OCH3 is 1. The average Bonchev–Trinajstić information content (AvgIpc) is 2.39. The lowest BCUT2D eigenvalue weighted by atomic mass is 9.85. The van der Waals surface area contributed by atoms with Crippen LogP contribution >= 0.6 is 0 Å². The molecule has 19 heavy (non-hydrogen) atoms. The predicted octanol–water partition coefficient (Wildman–Crippen LogP) is 3.99. The third kappa shape index (κ3) is 4.71. The fourth-order valence-electron chi connectivity index (χ4n) is 2.06. The van der Waals surface area contributed by atoms with E-state index in [1.165, 1.54) is 11.1 Å². The van der Waals surface area contributed by atoms with Gasteiger partial charge in [0.15, 0.2) is 0 Å². The number of hydrogen-bond donors (Lipinski definition) is 1. The van der Waals surface area contributed by atoms with Crippen molar-refractivity contribution < 1.29 is 4.74 Å². The zero-order valence-corrected chi connectivity index (χ0v) is 12.9.